The van der Waals surface area contributed by atoms with E-state index in [-0.39, 0.29) is 22.5 Å². The lowest BCUT2D eigenvalue weighted by atomic mass is 10.1. The van der Waals surface area contributed by atoms with Gasteiger partial charge in [0.2, 0.25) is 0 Å². The van der Waals surface area contributed by atoms with Crippen LogP contribution in [0.5, 0.6) is 0 Å². The second-order valence-electron chi connectivity index (χ2n) is 5.70. The minimum Gasteiger partial charge on any atom is -0.421 e. The van der Waals surface area contributed by atoms with Gasteiger partial charge < -0.3 is 4.42 Å². The predicted molar refractivity (Wildman–Crippen MR) is 111 cm³/mol. The molecule has 0 radical (unpaired) electrons. The number of hydrazone groups is 1. The highest BCUT2D eigenvalue weighted by Crippen LogP contribution is 2.28. The van der Waals surface area contributed by atoms with Gasteiger partial charge in [0, 0.05) is 27.6 Å². The summed E-state index contributed by atoms with van der Waals surface area (Å²) in [6.45, 7) is 1.56. The van der Waals surface area contributed by atoms with Crippen LogP contribution in [0.4, 0.5) is 5.69 Å². The van der Waals surface area contributed by atoms with Crippen LogP contribution in [0.2, 0.25) is 0 Å². The summed E-state index contributed by atoms with van der Waals surface area (Å²) in [5.74, 6) is -0.565. The van der Waals surface area contributed by atoms with Gasteiger partial charge in [-0.25, -0.2) is 10.2 Å². The number of benzene rings is 2. The van der Waals surface area contributed by atoms with Crippen molar-refractivity contribution in [2.24, 2.45) is 5.10 Å². The smallest absolute Gasteiger partial charge is 0.345 e. The third kappa shape index (κ3) is 4.18. The minimum absolute atomic E-state index is 0.123. The third-order valence-corrected chi connectivity index (χ3v) is 4.85. The summed E-state index contributed by atoms with van der Waals surface area (Å²) in [4.78, 5) is 34.5. The molecule has 0 unspecified atom stereocenters. The number of nitro benzene ring substituents is 1. The highest BCUT2D eigenvalue weighted by molar-refractivity contribution is 9.11. The average Bonchev–Trinajstić information content (AvgIpc) is 2.66. The molecule has 0 saturated carbocycles. The predicted octanol–water partition coefficient (Wildman–Crippen LogP) is 4.38. The fourth-order valence-electron chi connectivity index (χ4n) is 2.40. The largest absolute Gasteiger partial charge is 0.421 e. The molecule has 3 aromatic rings. The molecule has 1 amide bonds. The van der Waals surface area contributed by atoms with E-state index >= 15 is 0 Å². The van der Waals surface area contributed by atoms with E-state index in [1.807, 2.05) is 0 Å². The summed E-state index contributed by atoms with van der Waals surface area (Å²) < 4.78 is 6.77. The topological polar surface area (TPSA) is 115 Å². The molecular formula is C18H11Br2N3O5. The Morgan fingerprint density at radius 1 is 1.18 bits per heavy atom. The zero-order valence-corrected chi connectivity index (χ0v) is 17.4. The van der Waals surface area contributed by atoms with E-state index < -0.39 is 16.5 Å². The Labute approximate surface area is 174 Å². The Morgan fingerprint density at radius 2 is 1.86 bits per heavy atom. The van der Waals surface area contributed by atoms with E-state index in [0.29, 0.717) is 15.4 Å². The van der Waals surface area contributed by atoms with Crippen LogP contribution in [-0.4, -0.2) is 16.5 Å². The van der Waals surface area contributed by atoms with Gasteiger partial charge in [0.25, 0.3) is 11.6 Å². The van der Waals surface area contributed by atoms with Gasteiger partial charge in [-0.1, -0.05) is 15.9 Å². The van der Waals surface area contributed by atoms with Crippen molar-refractivity contribution >= 4 is 60.1 Å². The second kappa shape index (κ2) is 8.03. The lowest BCUT2D eigenvalue weighted by Gasteiger charge is -2.05. The minimum atomic E-state index is -0.596. The van der Waals surface area contributed by atoms with Gasteiger partial charge in [0.1, 0.15) is 0 Å². The van der Waals surface area contributed by atoms with E-state index in [4.69, 9.17) is 4.42 Å². The van der Waals surface area contributed by atoms with E-state index in [1.54, 1.807) is 25.1 Å². The van der Waals surface area contributed by atoms with Crippen LogP contribution in [0, 0.1) is 10.1 Å². The van der Waals surface area contributed by atoms with Gasteiger partial charge in [-0.05, 0) is 53.2 Å². The van der Waals surface area contributed by atoms with Crippen molar-refractivity contribution in [3.8, 4) is 0 Å². The summed E-state index contributed by atoms with van der Waals surface area (Å²) in [7, 11) is 0. The number of nitrogens with one attached hydrogen (secondary N) is 1. The number of carbonyl (C=O) groups excluding carboxylic acids is 1. The molecule has 0 aliphatic heterocycles. The first-order valence-electron chi connectivity index (χ1n) is 7.78. The van der Waals surface area contributed by atoms with E-state index in [9.17, 15) is 19.7 Å². The maximum atomic E-state index is 12.3. The van der Waals surface area contributed by atoms with Crippen molar-refractivity contribution in [1.29, 1.82) is 0 Å². The Bertz CT molecular complexity index is 1190. The van der Waals surface area contributed by atoms with Crippen molar-refractivity contribution < 1.29 is 14.1 Å². The van der Waals surface area contributed by atoms with Crippen molar-refractivity contribution in [2.45, 2.75) is 6.92 Å². The number of nitro groups is 1. The number of hydrogen-bond acceptors (Lipinski definition) is 6. The Morgan fingerprint density at radius 3 is 2.50 bits per heavy atom. The first kappa shape index (κ1) is 19.9. The van der Waals surface area contributed by atoms with Gasteiger partial charge in [-0.15, -0.1) is 0 Å². The summed E-state index contributed by atoms with van der Waals surface area (Å²) in [5, 5.41) is 15.3. The number of fused-ring (bicyclic) bond motifs is 1. The molecule has 0 saturated heterocycles. The molecule has 1 aromatic heterocycles. The molecule has 0 atom stereocenters. The highest BCUT2D eigenvalue weighted by Gasteiger charge is 2.13. The van der Waals surface area contributed by atoms with Crippen LogP contribution in [0.15, 0.2) is 65.7 Å². The number of carbonyl (C=O) groups is 1. The quantitative estimate of drug-likeness (QED) is 0.243. The summed E-state index contributed by atoms with van der Waals surface area (Å²) in [6.07, 6.45) is 0. The molecular weight excluding hydrogens is 498 g/mol. The normalized spacial score (nSPS) is 11.5. The fourth-order valence-corrected chi connectivity index (χ4v) is 3.74. The molecule has 1 heterocycles. The summed E-state index contributed by atoms with van der Waals surface area (Å²) in [5.41, 5.74) is 2.65. The van der Waals surface area contributed by atoms with Gasteiger partial charge in [-0.2, -0.15) is 5.10 Å². The number of rotatable bonds is 4. The van der Waals surface area contributed by atoms with Crippen LogP contribution < -0.4 is 11.1 Å². The highest BCUT2D eigenvalue weighted by atomic mass is 79.9. The summed E-state index contributed by atoms with van der Waals surface area (Å²) >= 11 is 6.71. The molecule has 0 spiro atoms. The zero-order chi connectivity index (χ0) is 20.4. The van der Waals surface area contributed by atoms with Crippen LogP contribution in [0.1, 0.15) is 22.8 Å². The Kier molecular flexibility index (Phi) is 5.71. The Balaban J connectivity index is 1.87. The number of nitrogens with zero attached hydrogens (tertiary/aromatic N) is 2. The fraction of sp³-hybridized carbons (Fsp3) is 0.0556. The maximum absolute atomic E-state index is 12.3. The average molecular weight is 509 g/mol. The lowest BCUT2D eigenvalue weighted by molar-refractivity contribution is -0.384. The van der Waals surface area contributed by atoms with E-state index in [1.165, 1.54) is 24.3 Å². The molecule has 3 rings (SSSR count). The maximum Gasteiger partial charge on any atom is 0.345 e. The van der Waals surface area contributed by atoms with Crippen LogP contribution in [0.3, 0.4) is 0 Å². The van der Waals surface area contributed by atoms with Crippen molar-refractivity contribution in [3.05, 3.63) is 83.1 Å². The molecule has 0 aliphatic rings. The molecule has 10 heteroatoms. The first-order chi connectivity index (χ1) is 13.3. The number of non-ortho nitro benzene ring substituents is 1. The van der Waals surface area contributed by atoms with Gasteiger partial charge in [0.15, 0.2) is 5.58 Å². The van der Waals surface area contributed by atoms with Gasteiger partial charge in [0.05, 0.1) is 20.7 Å². The molecule has 1 N–H and O–H groups in total. The SMILES string of the molecule is CC(=NNC(=O)c1ccc([N+](=O)[O-])cc1)c1cc2cc(Br)cc(Br)c2oc1=O. The Hall–Kier alpha value is -2.85. The van der Waals surface area contributed by atoms with Crippen LogP contribution in [-0.2, 0) is 0 Å². The van der Waals surface area contributed by atoms with Crippen molar-refractivity contribution in [2.75, 3.05) is 0 Å². The third-order valence-electron chi connectivity index (χ3n) is 3.81. The monoisotopic (exact) mass is 507 g/mol. The molecule has 2 aromatic carbocycles. The number of amides is 1. The zero-order valence-electron chi connectivity index (χ0n) is 14.2. The number of hydrogen-bond donors (Lipinski definition) is 1. The number of halogens is 2. The molecule has 8 nitrogen and oxygen atoms in total. The van der Waals surface area contributed by atoms with Crippen LogP contribution in [0.25, 0.3) is 11.0 Å². The van der Waals surface area contributed by atoms with Crippen molar-refractivity contribution in [3.63, 3.8) is 0 Å². The standard InChI is InChI=1S/C18H11Br2N3O5/c1-9(21-22-17(24)10-2-4-13(5-3-10)23(26)27)14-7-11-6-12(19)8-15(20)16(11)28-18(14)25/h2-8H,1H3,(H,22,24). The molecule has 0 fully saturated rings. The van der Waals surface area contributed by atoms with E-state index in [2.05, 4.69) is 42.4 Å². The molecule has 0 bridgehead atoms. The van der Waals surface area contributed by atoms with Gasteiger partial charge >= 0.3 is 5.63 Å². The van der Waals surface area contributed by atoms with Gasteiger partial charge in [-0.3, -0.25) is 14.9 Å². The van der Waals surface area contributed by atoms with E-state index in [0.717, 1.165) is 4.47 Å². The molecule has 0 aliphatic carbocycles. The second-order valence-corrected chi connectivity index (χ2v) is 7.47. The van der Waals surface area contributed by atoms with Crippen molar-refractivity contribution in [1.82, 2.24) is 5.43 Å². The van der Waals surface area contributed by atoms with Crippen LogP contribution >= 0.6 is 31.9 Å². The molecule has 142 valence electrons. The summed E-state index contributed by atoms with van der Waals surface area (Å²) in [6, 6.07) is 10.2. The first-order valence-corrected chi connectivity index (χ1v) is 9.37. The lowest BCUT2D eigenvalue weighted by Crippen LogP contribution is -2.21. The molecule has 28 heavy (non-hydrogen) atoms.